The summed E-state index contributed by atoms with van der Waals surface area (Å²) in [6, 6.07) is -1.69. The minimum atomic E-state index is -0.937. The highest BCUT2D eigenvalue weighted by Gasteiger charge is 2.15. The van der Waals surface area contributed by atoms with Crippen molar-refractivity contribution in [3.63, 3.8) is 0 Å². The van der Waals surface area contributed by atoms with Gasteiger partial charge in [0.05, 0.1) is 0 Å². The number of nitrogens with two attached hydrogens (primary N) is 3. The summed E-state index contributed by atoms with van der Waals surface area (Å²) in [5.74, 6) is -0.708. The van der Waals surface area contributed by atoms with Gasteiger partial charge in [-0.2, -0.15) is 5.48 Å². The summed E-state index contributed by atoms with van der Waals surface area (Å²) in [6.07, 6.45) is 2.00. The molecule has 0 aliphatic carbocycles. The fraction of sp³-hybridized carbons (Fsp3) is 0.714. The summed E-state index contributed by atoms with van der Waals surface area (Å²) in [4.78, 5) is 25.4. The van der Waals surface area contributed by atoms with Crippen LogP contribution in [0.25, 0.3) is 0 Å². The zero-order chi connectivity index (χ0) is 11.0. The lowest BCUT2D eigenvalue weighted by atomic mass is 10.1. The number of hydrogen-bond donors (Lipinski definition) is 4. The predicted molar refractivity (Wildman–Crippen MR) is 49.7 cm³/mol. The summed E-state index contributed by atoms with van der Waals surface area (Å²) in [6.45, 7) is 0.557. The molecule has 0 aromatic carbocycles. The summed E-state index contributed by atoms with van der Waals surface area (Å²) in [5, 5.41) is 0. The van der Waals surface area contributed by atoms with Gasteiger partial charge in [0.15, 0.2) is 0 Å². The van der Waals surface area contributed by atoms with Gasteiger partial charge in [0.25, 0.3) is 0 Å². The number of hydrogen-bond acceptors (Lipinski definition) is 5. The van der Waals surface area contributed by atoms with Crippen LogP contribution in [0.4, 0.5) is 4.79 Å². The van der Waals surface area contributed by atoms with E-state index in [1.54, 1.807) is 5.48 Å². The molecule has 14 heavy (non-hydrogen) atoms. The molecule has 7 nitrogen and oxygen atoms in total. The number of nitrogens with one attached hydrogen (secondary N) is 1. The number of hydroxylamine groups is 1. The molecular formula is C7H16N4O3. The first kappa shape index (κ1) is 12.7. The van der Waals surface area contributed by atoms with Crippen LogP contribution in [0.15, 0.2) is 0 Å². The quantitative estimate of drug-likeness (QED) is 0.322. The summed E-state index contributed by atoms with van der Waals surface area (Å²) >= 11 is 0. The molecule has 0 rings (SSSR count). The first-order valence-corrected chi connectivity index (χ1v) is 4.29. The smallest absolute Gasteiger partial charge is 0.348 e. The predicted octanol–water partition coefficient (Wildman–Crippen LogP) is -1.43. The van der Waals surface area contributed by atoms with Gasteiger partial charge < -0.3 is 22.0 Å². The minimum Gasteiger partial charge on any atom is -0.349 e. The van der Waals surface area contributed by atoms with Crippen molar-refractivity contribution >= 4 is 12.0 Å². The molecule has 82 valence electrons. The van der Waals surface area contributed by atoms with Crippen molar-refractivity contribution in [2.75, 3.05) is 6.54 Å². The largest absolute Gasteiger partial charge is 0.349 e. The Morgan fingerprint density at radius 1 is 1.36 bits per heavy atom. The Hall–Kier alpha value is -1.34. The standard InChI is InChI=1S/C7H16N4O3/c8-4-2-1-3-5(9)6(12)14-11-7(10)13/h5H,1-4,8-9H2,(H3,10,11,13)/t5-/m0/s1. The number of rotatable bonds is 5. The Bertz CT molecular complexity index is 197. The molecule has 0 heterocycles. The van der Waals surface area contributed by atoms with E-state index in [1.165, 1.54) is 0 Å². The van der Waals surface area contributed by atoms with Crippen LogP contribution in [0.1, 0.15) is 19.3 Å². The molecule has 2 amide bonds. The summed E-state index contributed by atoms with van der Waals surface area (Å²) < 4.78 is 0. The monoisotopic (exact) mass is 204 g/mol. The maximum atomic E-state index is 11.0. The van der Waals surface area contributed by atoms with Gasteiger partial charge in [-0.25, -0.2) is 9.59 Å². The van der Waals surface area contributed by atoms with Gasteiger partial charge in [-0.05, 0) is 19.4 Å². The fourth-order valence-electron chi connectivity index (χ4n) is 0.803. The first-order valence-electron chi connectivity index (χ1n) is 4.29. The zero-order valence-corrected chi connectivity index (χ0v) is 7.86. The number of carbonyl (C=O) groups is 2. The van der Waals surface area contributed by atoms with Crippen LogP contribution in [0.2, 0.25) is 0 Å². The van der Waals surface area contributed by atoms with Gasteiger partial charge in [0.2, 0.25) is 0 Å². The SMILES string of the molecule is NCCCC[C@H](N)C(=O)ONC(N)=O. The van der Waals surface area contributed by atoms with Gasteiger partial charge in [-0.3, -0.25) is 0 Å². The normalized spacial score (nSPS) is 11.9. The molecule has 7 N–H and O–H groups in total. The van der Waals surface area contributed by atoms with Crippen molar-refractivity contribution in [2.45, 2.75) is 25.3 Å². The second-order valence-electron chi connectivity index (χ2n) is 2.78. The molecular weight excluding hydrogens is 188 g/mol. The van der Waals surface area contributed by atoms with Gasteiger partial charge in [-0.15, -0.1) is 0 Å². The van der Waals surface area contributed by atoms with Crippen molar-refractivity contribution in [3.8, 4) is 0 Å². The third-order valence-corrected chi connectivity index (χ3v) is 1.52. The third kappa shape index (κ3) is 6.21. The molecule has 0 fully saturated rings. The molecule has 0 spiro atoms. The van der Waals surface area contributed by atoms with E-state index in [2.05, 4.69) is 10.6 Å². The van der Waals surface area contributed by atoms with Gasteiger partial charge in [0, 0.05) is 0 Å². The average Bonchev–Trinajstić information content (AvgIpc) is 2.14. The highest BCUT2D eigenvalue weighted by atomic mass is 16.7. The van der Waals surface area contributed by atoms with E-state index in [4.69, 9.17) is 11.5 Å². The second kappa shape index (κ2) is 7.10. The van der Waals surface area contributed by atoms with E-state index >= 15 is 0 Å². The second-order valence-corrected chi connectivity index (χ2v) is 2.78. The van der Waals surface area contributed by atoms with Crippen molar-refractivity contribution in [3.05, 3.63) is 0 Å². The van der Waals surface area contributed by atoms with Gasteiger partial charge >= 0.3 is 12.0 Å². The molecule has 0 aromatic rings. The molecule has 0 aliphatic rings. The van der Waals surface area contributed by atoms with Crippen molar-refractivity contribution in [2.24, 2.45) is 17.2 Å². The molecule has 0 radical (unpaired) electrons. The fourth-order valence-corrected chi connectivity index (χ4v) is 0.803. The van der Waals surface area contributed by atoms with Crippen LogP contribution in [-0.2, 0) is 9.63 Å². The topological polar surface area (TPSA) is 133 Å². The molecule has 7 heteroatoms. The maximum absolute atomic E-state index is 11.0. The maximum Gasteiger partial charge on any atom is 0.348 e. The Labute approximate surface area is 81.9 Å². The molecule has 0 bridgehead atoms. The lowest BCUT2D eigenvalue weighted by molar-refractivity contribution is -0.150. The van der Waals surface area contributed by atoms with Crippen LogP contribution >= 0.6 is 0 Å². The number of carbonyl (C=O) groups excluding carboxylic acids is 2. The van der Waals surface area contributed by atoms with Crippen LogP contribution in [0, 0.1) is 0 Å². The molecule has 0 aliphatic heterocycles. The summed E-state index contributed by atoms with van der Waals surface area (Å²) in [7, 11) is 0. The van der Waals surface area contributed by atoms with Crippen LogP contribution in [0.5, 0.6) is 0 Å². The van der Waals surface area contributed by atoms with Crippen LogP contribution in [0.3, 0.4) is 0 Å². The minimum absolute atomic E-state index is 0.469. The van der Waals surface area contributed by atoms with Crippen LogP contribution < -0.4 is 22.7 Å². The summed E-state index contributed by atoms with van der Waals surface area (Å²) in [5.41, 5.74) is 17.1. The van der Waals surface area contributed by atoms with Crippen molar-refractivity contribution < 1.29 is 14.4 Å². The van der Waals surface area contributed by atoms with Crippen molar-refractivity contribution in [1.82, 2.24) is 5.48 Å². The van der Waals surface area contributed by atoms with Gasteiger partial charge in [-0.1, -0.05) is 6.42 Å². The van der Waals surface area contributed by atoms with E-state index in [0.29, 0.717) is 13.0 Å². The van der Waals surface area contributed by atoms with E-state index in [9.17, 15) is 9.59 Å². The Kier molecular flexibility index (Phi) is 6.42. The highest BCUT2D eigenvalue weighted by Crippen LogP contribution is 1.98. The first-order chi connectivity index (χ1) is 6.57. The molecule has 0 saturated heterocycles. The van der Waals surface area contributed by atoms with E-state index in [0.717, 1.165) is 12.8 Å². The average molecular weight is 204 g/mol. The molecule has 0 saturated carbocycles. The Morgan fingerprint density at radius 3 is 2.50 bits per heavy atom. The zero-order valence-electron chi connectivity index (χ0n) is 7.86. The number of amides is 2. The molecule has 1 atom stereocenters. The Balaban J connectivity index is 3.59. The van der Waals surface area contributed by atoms with E-state index in [-0.39, 0.29) is 0 Å². The van der Waals surface area contributed by atoms with E-state index < -0.39 is 18.0 Å². The van der Waals surface area contributed by atoms with Gasteiger partial charge in [0.1, 0.15) is 6.04 Å². The number of primary amides is 1. The van der Waals surface area contributed by atoms with Crippen LogP contribution in [-0.4, -0.2) is 24.6 Å². The lowest BCUT2D eigenvalue weighted by Gasteiger charge is -2.09. The van der Waals surface area contributed by atoms with Crippen molar-refractivity contribution in [1.29, 1.82) is 0 Å². The number of unbranched alkanes of at least 4 members (excludes halogenated alkanes) is 1. The lowest BCUT2D eigenvalue weighted by Crippen LogP contribution is -2.39. The van der Waals surface area contributed by atoms with E-state index in [1.807, 2.05) is 0 Å². The molecule has 0 aromatic heterocycles. The highest BCUT2D eigenvalue weighted by molar-refractivity contribution is 5.78. The third-order valence-electron chi connectivity index (χ3n) is 1.52. The number of urea groups is 1. The molecule has 0 unspecified atom stereocenters. The Morgan fingerprint density at radius 2 is 2.00 bits per heavy atom.